The Labute approximate surface area is 128 Å². The molecule has 1 saturated heterocycles. The van der Waals surface area contributed by atoms with E-state index in [2.05, 4.69) is 74.6 Å². The van der Waals surface area contributed by atoms with E-state index in [1.807, 2.05) is 0 Å². The first-order valence-corrected chi connectivity index (χ1v) is 7.98. The van der Waals surface area contributed by atoms with Gasteiger partial charge in [0.1, 0.15) is 0 Å². The van der Waals surface area contributed by atoms with Crippen molar-refractivity contribution in [3.63, 3.8) is 0 Å². The van der Waals surface area contributed by atoms with Gasteiger partial charge < -0.3 is 5.32 Å². The summed E-state index contributed by atoms with van der Waals surface area (Å²) in [5.41, 5.74) is 5.75. The van der Waals surface area contributed by atoms with Crippen molar-refractivity contribution in [1.29, 1.82) is 0 Å². The SMILES string of the molecule is Cc1ccc(C2(c3ccc(C)cc3)CCNC(C)C2)cc1. The molecule has 1 fully saturated rings. The van der Waals surface area contributed by atoms with Gasteiger partial charge >= 0.3 is 0 Å². The lowest BCUT2D eigenvalue weighted by atomic mass is 9.66. The lowest BCUT2D eigenvalue weighted by Crippen LogP contribution is -2.45. The van der Waals surface area contributed by atoms with E-state index in [0.717, 1.165) is 6.54 Å². The average molecular weight is 279 g/mol. The van der Waals surface area contributed by atoms with E-state index < -0.39 is 0 Å². The van der Waals surface area contributed by atoms with Gasteiger partial charge in [0.2, 0.25) is 0 Å². The van der Waals surface area contributed by atoms with Gasteiger partial charge in [0.25, 0.3) is 0 Å². The minimum Gasteiger partial charge on any atom is -0.314 e. The van der Waals surface area contributed by atoms with Crippen molar-refractivity contribution in [1.82, 2.24) is 5.32 Å². The number of piperidine rings is 1. The van der Waals surface area contributed by atoms with E-state index in [0.29, 0.717) is 6.04 Å². The average Bonchev–Trinajstić information content (AvgIpc) is 2.48. The van der Waals surface area contributed by atoms with E-state index in [-0.39, 0.29) is 5.41 Å². The summed E-state index contributed by atoms with van der Waals surface area (Å²) in [6, 6.07) is 18.9. The minimum atomic E-state index is 0.159. The van der Waals surface area contributed by atoms with E-state index in [4.69, 9.17) is 0 Å². The van der Waals surface area contributed by atoms with Gasteiger partial charge in [-0.1, -0.05) is 59.7 Å². The summed E-state index contributed by atoms with van der Waals surface area (Å²) < 4.78 is 0. The Bertz CT molecular complexity index is 549. The molecule has 1 nitrogen and oxygen atoms in total. The van der Waals surface area contributed by atoms with Crippen molar-refractivity contribution >= 4 is 0 Å². The summed E-state index contributed by atoms with van der Waals surface area (Å²) in [5, 5.41) is 3.60. The molecule has 2 aromatic carbocycles. The van der Waals surface area contributed by atoms with Crippen LogP contribution in [0, 0.1) is 13.8 Å². The molecule has 0 radical (unpaired) electrons. The smallest absolute Gasteiger partial charge is 0.0229 e. The van der Waals surface area contributed by atoms with Crippen LogP contribution in [-0.2, 0) is 5.41 Å². The topological polar surface area (TPSA) is 12.0 Å². The standard InChI is InChI=1S/C20H25N/c1-15-4-8-18(9-5-15)20(12-13-21-17(3)14-20)19-10-6-16(2)7-11-19/h4-11,17,21H,12-14H2,1-3H3. The molecule has 1 aliphatic rings. The summed E-state index contributed by atoms with van der Waals surface area (Å²) in [7, 11) is 0. The first-order chi connectivity index (χ1) is 10.1. The zero-order valence-corrected chi connectivity index (χ0v) is 13.3. The van der Waals surface area contributed by atoms with Crippen molar-refractivity contribution < 1.29 is 0 Å². The Morgan fingerprint density at radius 2 is 1.33 bits per heavy atom. The van der Waals surface area contributed by atoms with Gasteiger partial charge in [-0.15, -0.1) is 0 Å². The molecule has 1 heterocycles. The number of hydrogen-bond donors (Lipinski definition) is 1. The van der Waals surface area contributed by atoms with Gasteiger partial charge in [0, 0.05) is 11.5 Å². The van der Waals surface area contributed by atoms with Crippen molar-refractivity contribution in [3.05, 3.63) is 70.8 Å². The molecule has 0 spiro atoms. The molecule has 2 aromatic rings. The number of aryl methyl sites for hydroxylation is 2. The van der Waals surface area contributed by atoms with E-state index >= 15 is 0 Å². The molecule has 1 N–H and O–H groups in total. The molecular weight excluding hydrogens is 254 g/mol. The highest BCUT2D eigenvalue weighted by Crippen LogP contribution is 2.41. The normalized spacial score (nSPS) is 21.2. The summed E-state index contributed by atoms with van der Waals surface area (Å²) in [4.78, 5) is 0. The van der Waals surface area contributed by atoms with Crippen LogP contribution in [-0.4, -0.2) is 12.6 Å². The summed E-state index contributed by atoms with van der Waals surface area (Å²) in [6.45, 7) is 7.71. The summed E-state index contributed by atoms with van der Waals surface area (Å²) in [6.07, 6.45) is 2.34. The van der Waals surface area contributed by atoms with Crippen LogP contribution in [0.4, 0.5) is 0 Å². The lowest BCUT2D eigenvalue weighted by molar-refractivity contribution is 0.304. The van der Waals surface area contributed by atoms with Crippen LogP contribution in [0.3, 0.4) is 0 Å². The second kappa shape index (κ2) is 5.65. The predicted octanol–water partition coefficient (Wildman–Crippen LogP) is 4.36. The zero-order valence-electron chi connectivity index (χ0n) is 13.3. The first-order valence-electron chi connectivity index (χ1n) is 7.98. The van der Waals surface area contributed by atoms with Gasteiger partial charge in [-0.05, 0) is 51.3 Å². The van der Waals surface area contributed by atoms with Gasteiger partial charge in [-0.25, -0.2) is 0 Å². The largest absolute Gasteiger partial charge is 0.314 e. The van der Waals surface area contributed by atoms with Crippen molar-refractivity contribution in [2.24, 2.45) is 0 Å². The second-order valence-corrected chi connectivity index (χ2v) is 6.62. The maximum Gasteiger partial charge on any atom is 0.0229 e. The number of nitrogens with one attached hydrogen (secondary N) is 1. The maximum absolute atomic E-state index is 3.60. The van der Waals surface area contributed by atoms with Gasteiger partial charge in [0.15, 0.2) is 0 Å². The molecule has 1 aliphatic heterocycles. The van der Waals surface area contributed by atoms with E-state index in [9.17, 15) is 0 Å². The molecule has 0 aliphatic carbocycles. The van der Waals surface area contributed by atoms with Crippen LogP contribution in [0.1, 0.15) is 42.0 Å². The number of rotatable bonds is 2. The van der Waals surface area contributed by atoms with Crippen molar-refractivity contribution in [3.8, 4) is 0 Å². The summed E-state index contributed by atoms with van der Waals surface area (Å²) in [5.74, 6) is 0. The fraction of sp³-hybridized carbons (Fsp3) is 0.400. The monoisotopic (exact) mass is 279 g/mol. The Hall–Kier alpha value is -1.60. The third-order valence-electron chi connectivity index (χ3n) is 4.91. The maximum atomic E-state index is 3.60. The highest BCUT2D eigenvalue weighted by atomic mass is 14.9. The fourth-order valence-corrected chi connectivity index (χ4v) is 3.67. The quantitative estimate of drug-likeness (QED) is 0.861. The third kappa shape index (κ3) is 2.75. The van der Waals surface area contributed by atoms with Crippen LogP contribution in [0.15, 0.2) is 48.5 Å². The van der Waals surface area contributed by atoms with Crippen LogP contribution >= 0.6 is 0 Å². The molecule has 0 amide bonds. The number of hydrogen-bond acceptors (Lipinski definition) is 1. The molecular formula is C20H25N. The molecule has 0 aromatic heterocycles. The fourth-order valence-electron chi connectivity index (χ4n) is 3.67. The van der Waals surface area contributed by atoms with Crippen LogP contribution in [0.5, 0.6) is 0 Å². The van der Waals surface area contributed by atoms with Gasteiger partial charge in [0.05, 0.1) is 0 Å². The van der Waals surface area contributed by atoms with E-state index in [1.165, 1.54) is 35.1 Å². The molecule has 0 bridgehead atoms. The molecule has 110 valence electrons. The van der Waals surface area contributed by atoms with Crippen molar-refractivity contribution in [2.75, 3.05) is 6.54 Å². The van der Waals surface area contributed by atoms with E-state index in [1.54, 1.807) is 0 Å². The Balaban J connectivity index is 2.10. The number of benzene rings is 2. The second-order valence-electron chi connectivity index (χ2n) is 6.62. The van der Waals surface area contributed by atoms with Gasteiger partial charge in [-0.3, -0.25) is 0 Å². The molecule has 0 saturated carbocycles. The summed E-state index contributed by atoms with van der Waals surface area (Å²) >= 11 is 0. The Morgan fingerprint density at radius 3 is 1.76 bits per heavy atom. The Morgan fingerprint density at radius 1 is 0.857 bits per heavy atom. The Kier molecular flexibility index (Phi) is 3.86. The minimum absolute atomic E-state index is 0.159. The highest BCUT2D eigenvalue weighted by Gasteiger charge is 2.37. The molecule has 21 heavy (non-hydrogen) atoms. The van der Waals surface area contributed by atoms with Crippen LogP contribution < -0.4 is 5.32 Å². The predicted molar refractivity (Wildman–Crippen MR) is 89.8 cm³/mol. The highest BCUT2D eigenvalue weighted by molar-refractivity contribution is 5.42. The van der Waals surface area contributed by atoms with Crippen LogP contribution in [0.25, 0.3) is 0 Å². The molecule has 1 heteroatoms. The molecule has 1 unspecified atom stereocenters. The molecule has 1 atom stereocenters. The zero-order chi connectivity index (χ0) is 14.9. The molecule has 3 rings (SSSR count). The lowest BCUT2D eigenvalue weighted by Gasteiger charge is -2.42. The van der Waals surface area contributed by atoms with Gasteiger partial charge in [-0.2, -0.15) is 0 Å². The van der Waals surface area contributed by atoms with Crippen molar-refractivity contribution in [2.45, 2.75) is 45.1 Å². The third-order valence-corrected chi connectivity index (χ3v) is 4.91. The van der Waals surface area contributed by atoms with Crippen LogP contribution in [0.2, 0.25) is 0 Å². The first kappa shape index (κ1) is 14.3.